The van der Waals surface area contributed by atoms with Gasteiger partial charge in [0.1, 0.15) is 6.61 Å². The van der Waals surface area contributed by atoms with Gasteiger partial charge in [-0.05, 0) is 33.6 Å². The van der Waals surface area contributed by atoms with Gasteiger partial charge < -0.3 is 19.5 Å². The quantitative estimate of drug-likeness (QED) is 0.693. The molecule has 0 atom stereocenters. The molecule has 0 saturated heterocycles. The highest BCUT2D eigenvalue weighted by atomic mass is 79.9. The molecule has 20 heavy (non-hydrogen) atoms. The van der Waals surface area contributed by atoms with Crippen molar-refractivity contribution < 1.29 is 23.0 Å². The molecule has 0 radical (unpaired) electrons. The van der Waals surface area contributed by atoms with E-state index in [1.165, 1.54) is 0 Å². The van der Waals surface area contributed by atoms with Gasteiger partial charge in [0.05, 0.1) is 25.3 Å². The summed E-state index contributed by atoms with van der Waals surface area (Å²) in [4.78, 5) is 0. The van der Waals surface area contributed by atoms with Gasteiger partial charge in [0.25, 0.3) is 6.43 Å². The SMILES string of the molecule is COc1cc(CNCCOCC(F)F)cc(Br)c1OC. The number of hydrogen-bond acceptors (Lipinski definition) is 4. The van der Waals surface area contributed by atoms with Crippen molar-refractivity contribution in [3.63, 3.8) is 0 Å². The van der Waals surface area contributed by atoms with Gasteiger partial charge in [0.2, 0.25) is 0 Å². The van der Waals surface area contributed by atoms with Gasteiger partial charge in [0, 0.05) is 13.1 Å². The smallest absolute Gasteiger partial charge is 0.261 e. The van der Waals surface area contributed by atoms with Crippen LogP contribution in [0.15, 0.2) is 16.6 Å². The number of halogens is 3. The molecule has 0 fully saturated rings. The van der Waals surface area contributed by atoms with E-state index in [4.69, 9.17) is 14.2 Å². The molecule has 114 valence electrons. The number of nitrogens with one attached hydrogen (secondary N) is 1. The van der Waals surface area contributed by atoms with Crippen LogP contribution in [0, 0.1) is 0 Å². The highest BCUT2D eigenvalue weighted by Gasteiger charge is 2.10. The van der Waals surface area contributed by atoms with Crippen molar-refractivity contribution in [1.29, 1.82) is 0 Å². The summed E-state index contributed by atoms with van der Waals surface area (Å²) in [7, 11) is 3.14. The van der Waals surface area contributed by atoms with E-state index in [0.29, 0.717) is 24.6 Å². The maximum absolute atomic E-state index is 11.8. The molecule has 1 aromatic carbocycles. The Morgan fingerprint density at radius 1 is 1.25 bits per heavy atom. The average molecular weight is 354 g/mol. The molecule has 0 aliphatic carbocycles. The van der Waals surface area contributed by atoms with Crippen molar-refractivity contribution in [2.75, 3.05) is 34.0 Å². The summed E-state index contributed by atoms with van der Waals surface area (Å²) < 4.78 is 39.7. The third kappa shape index (κ3) is 5.60. The summed E-state index contributed by atoms with van der Waals surface area (Å²) in [6.07, 6.45) is -2.42. The van der Waals surface area contributed by atoms with Crippen molar-refractivity contribution in [2.45, 2.75) is 13.0 Å². The highest BCUT2D eigenvalue weighted by molar-refractivity contribution is 9.10. The second-order valence-corrected chi connectivity index (χ2v) is 4.81. The predicted octanol–water partition coefficient (Wildman–Crippen LogP) is 2.84. The van der Waals surface area contributed by atoms with Crippen LogP contribution in [0.1, 0.15) is 5.56 Å². The van der Waals surface area contributed by atoms with E-state index < -0.39 is 13.0 Å². The second-order valence-electron chi connectivity index (χ2n) is 3.96. The summed E-state index contributed by atoms with van der Waals surface area (Å²) in [6, 6.07) is 3.77. The topological polar surface area (TPSA) is 39.7 Å². The van der Waals surface area contributed by atoms with Gasteiger partial charge in [0.15, 0.2) is 11.5 Å². The van der Waals surface area contributed by atoms with Crippen LogP contribution in [0.5, 0.6) is 11.5 Å². The zero-order valence-electron chi connectivity index (χ0n) is 11.4. The first-order valence-corrected chi connectivity index (χ1v) is 6.84. The van der Waals surface area contributed by atoms with Gasteiger partial charge in [-0.2, -0.15) is 0 Å². The monoisotopic (exact) mass is 353 g/mol. The van der Waals surface area contributed by atoms with Gasteiger partial charge in [-0.25, -0.2) is 8.78 Å². The second kappa shape index (κ2) is 9.10. The number of rotatable bonds is 9. The lowest BCUT2D eigenvalue weighted by molar-refractivity contribution is 0.0187. The fourth-order valence-corrected chi connectivity index (χ4v) is 2.27. The molecule has 1 rings (SSSR count). The van der Waals surface area contributed by atoms with Crippen molar-refractivity contribution in [3.8, 4) is 11.5 Å². The van der Waals surface area contributed by atoms with Crippen LogP contribution < -0.4 is 14.8 Å². The Balaban J connectivity index is 2.42. The van der Waals surface area contributed by atoms with Crippen LogP contribution in [-0.4, -0.2) is 40.4 Å². The zero-order chi connectivity index (χ0) is 15.0. The molecule has 0 bridgehead atoms. The van der Waals surface area contributed by atoms with Crippen LogP contribution in [-0.2, 0) is 11.3 Å². The van der Waals surface area contributed by atoms with E-state index in [9.17, 15) is 8.78 Å². The summed E-state index contributed by atoms with van der Waals surface area (Å²) >= 11 is 3.41. The van der Waals surface area contributed by atoms with Gasteiger partial charge in [-0.3, -0.25) is 0 Å². The molecule has 0 aliphatic heterocycles. The van der Waals surface area contributed by atoms with Crippen LogP contribution in [0.25, 0.3) is 0 Å². The average Bonchev–Trinajstić information content (AvgIpc) is 2.41. The third-order valence-electron chi connectivity index (χ3n) is 2.49. The Labute approximate surface area is 125 Å². The molecule has 7 heteroatoms. The van der Waals surface area contributed by atoms with Crippen molar-refractivity contribution in [3.05, 3.63) is 22.2 Å². The van der Waals surface area contributed by atoms with Crippen LogP contribution in [0.3, 0.4) is 0 Å². The Morgan fingerprint density at radius 2 is 2.00 bits per heavy atom. The highest BCUT2D eigenvalue weighted by Crippen LogP contribution is 2.36. The van der Waals surface area contributed by atoms with Gasteiger partial charge in [-0.15, -0.1) is 0 Å². The molecule has 0 unspecified atom stereocenters. The minimum Gasteiger partial charge on any atom is -0.493 e. The largest absolute Gasteiger partial charge is 0.493 e. The van der Waals surface area contributed by atoms with Crippen molar-refractivity contribution in [1.82, 2.24) is 5.32 Å². The van der Waals surface area contributed by atoms with E-state index in [1.54, 1.807) is 14.2 Å². The minimum absolute atomic E-state index is 0.249. The lowest BCUT2D eigenvalue weighted by Gasteiger charge is -2.12. The molecule has 0 amide bonds. The van der Waals surface area contributed by atoms with Crippen LogP contribution in [0.2, 0.25) is 0 Å². The van der Waals surface area contributed by atoms with E-state index in [0.717, 1.165) is 10.0 Å². The standard InChI is InChI=1S/C13H18BrF2NO3/c1-18-11-6-9(5-10(14)13(11)19-2)7-17-3-4-20-8-12(15)16/h5-6,12,17H,3-4,7-8H2,1-2H3. The first-order chi connectivity index (χ1) is 9.58. The third-order valence-corrected chi connectivity index (χ3v) is 3.08. The number of methoxy groups -OCH3 is 2. The number of alkyl halides is 2. The minimum atomic E-state index is -2.42. The van der Waals surface area contributed by atoms with E-state index in [-0.39, 0.29) is 6.61 Å². The molecule has 0 aliphatic rings. The Morgan fingerprint density at radius 3 is 2.60 bits per heavy atom. The van der Waals surface area contributed by atoms with Gasteiger partial charge >= 0.3 is 0 Å². The molecule has 0 aromatic heterocycles. The van der Waals surface area contributed by atoms with E-state index >= 15 is 0 Å². The van der Waals surface area contributed by atoms with Crippen molar-refractivity contribution in [2.24, 2.45) is 0 Å². The molecule has 0 spiro atoms. The summed E-state index contributed by atoms with van der Waals surface area (Å²) in [5.41, 5.74) is 0.989. The summed E-state index contributed by atoms with van der Waals surface area (Å²) in [5.74, 6) is 1.27. The summed E-state index contributed by atoms with van der Waals surface area (Å²) in [6.45, 7) is 0.804. The Hall–Kier alpha value is -0.920. The number of ether oxygens (including phenoxy) is 3. The van der Waals surface area contributed by atoms with E-state index in [2.05, 4.69) is 21.2 Å². The number of hydrogen-bond donors (Lipinski definition) is 1. The fourth-order valence-electron chi connectivity index (χ4n) is 1.62. The van der Waals surface area contributed by atoms with Crippen molar-refractivity contribution >= 4 is 15.9 Å². The Kier molecular flexibility index (Phi) is 7.79. The molecule has 4 nitrogen and oxygen atoms in total. The van der Waals surface area contributed by atoms with E-state index in [1.807, 2.05) is 12.1 Å². The van der Waals surface area contributed by atoms with Gasteiger partial charge in [-0.1, -0.05) is 0 Å². The lowest BCUT2D eigenvalue weighted by Crippen LogP contribution is -2.20. The maximum atomic E-state index is 11.8. The molecule has 0 saturated carbocycles. The lowest BCUT2D eigenvalue weighted by atomic mass is 10.2. The number of benzene rings is 1. The molecule has 1 N–H and O–H groups in total. The Bertz CT molecular complexity index is 419. The molecule has 1 aromatic rings. The van der Waals surface area contributed by atoms with Crippen LogP contribution in [0.4, 0.5) is 8.78 Å². The predicted molar refractivity (Wildman–Crippen MR) is 75.8 cm³/mol. The fraction of sp³-hybridized carbons (Fsp3) is 0.538. The normalized spacial score (nSPS) is 10.9. The molecular weight excluding hydrogens is 336 g/mol. The maximum Gasteiger partial charge on any atom is 0.261 e. The van der Waals surface area contributed by atoms with Crippen LogP contribution >= 0.6 is 15.9 Å². The first-order valence-electron chi connectivity index (χ1n) is 6.05. The molecule has 0 heterocycles. The zero-order valence-corrected chi connectivity index (χ0v) is 13.0. The summed E-state index contributed by atoms with van der Waals surface area (Å²) in [5, 5.41) is 3.10. The molecular formula is C13H18BrF2NO3. The first kappa shape index (κ1) is 17.1.